The van der Waals surface area contributed by atoms with E-state index in [0.717, 1.165) is 10.8 Å². The molecule has 2 aromatic rings. The molecule has 1 amide bonds. The molecule has 0 fully saturated rings. The number of hydrogen-bond acceptors (Lipinski definition) is 4. The third kappa shape index (κ3) is 2.84. The summed E-state index contributed by atoms with van der Waals surface area (Å²) in [4.78, 5) is 23.8. The number of rotatable bonds is 4. The Bertz CT molecular complexity index is 670. The smallest absolute Gasteiger partial charge is 0.221 e. The maximum absolute atomic E-state index is 12.5. The zero-order valence-electron chi connectivity index (χ0n) is 11.1. The van der Waals surface area contributed by atoms with Crippen molar-refractivity contribution in [2.24, 2.45) is 5.73 Å². The summed E-state index contributed by atoms with van der Waals surface area (Å²) in [6, 6.07) is 10.4. The number of fused-ring (bicyclic) bond motifs is 1. The second kappa shape index (κ2) is 6.07. The fourth-order valence-electron chi connectivity index (χ4n) is 2.10. The molecule has 2 aromatic carbocycles. The minimum absolute atomic E-state index is 0.222. The third-order valence-electron chi connectivity index (χ3n) is 3.02. The number of thiol groups is 1. The standard InChI is InChI=1S/C15H16N2O2S/c1-9(18)17-13-7-6-10-4-2-3-5-11(10)14(13)15(19)12(16)8-20/h2-7,12,20H,8,16H2,1H3,(H,17,18). The second-order valence-electron chi connectivity index (χ2n) is 4.54. The lowest BCUT2D eigenvalue weighted by molar-refractivity contribution is -0.114. The lowest BCUT2D eigenvalue weighted by Gasteiger charge is -2.15. The lowest BCUT2D eigenvalue weighted by atomic mass is 9.96. The van der Waals surface area contributed by atoms with Crippen LogP contribution in [0.5, 0.6) is 0 Å². The van der Waals surface area contributed by atoms with Gasteiger partial charge in [-0.1, -0.05) is 30.3 Å². The van der Waals surface area contributed by atoms with Gasteiger partial charge in [-0.25, -0.2) is 0 Å². The minimum atomic E-state index is -0.698. The number of ketones is 1. The van der Waals surface area contributed by atoms with Crippen molar-refractivity contribution < 1.29 is 9.59 Å². The molecule has 1 atom stereocenters. The number of carbonyl (C=O) groups excluding carboxylic acids is 2. The Morgan fingerprint density at radius 3 is 2.60 bits per heavy atom. The van der Waals surface area contributed by atoms with Crippen molar-refractivity contribution in [3.63, 3.8) is 0 Å². The van der Waals surface area contributed by atoms with E-state index in [2.05, 4.69) is 17.9 Å². The summed E-state index contributed by atoms with van der Waals surface area (Å²) in [5, 5.41) is 4.39. The molecule has 0 saturated heterocycles. The predicted molar refractivity (Wildman–Crippen MR) is 84.4 cm³/mol. The van der Waals surface area contributed by atoms with Crippen molar-refractivity contribution >= 4 is 40.8 Å². The van der Waals surface area contributed by atoms with Gasteiger partial charge in [-0.15, -0.1) is 0 Å². The maximum atomic E-state index is 12.5. The zero-order valence-corrected chi connectivity index (χ0v) is 12.0. The summed E-state index contributed by atoms with van der Waals surface area (Å²) in [5.74, 6) is -0.198. The van der Waals surface area contributed by atoms with E-state index in [1.165, 1.54) is 6.92 Å². The van der Waals surface area contributed by atoms with Crippen molar-refractivity contribution in [1.29, 1.82) is 0 Å². The summed E-state index contributed by atoms with van der Waals surface area (Å²) in [7, 11) is 0. The van der Waals surface area contributed by atoms with Crippen molar-refractivity contribution in [3.8, 4) is 0 Å². The predicted octanol–water partition coefficient (Wildman–Crippen LogP) is 2.24. The van der Waals surface area contributed by atoms with Crippen LogP contribution in [0.1, 0.15) is 17.3 Å². The first-order valence-electron chi connectivity index (χ1n) is 6.24. The van der Waals surface area contributed by atoms with Crippen LogP contribution >= 0.6 is 12.6 Å². The molecular weight excluding hydrogens is 272 g/mol. The van der Waals surface area contributed by atoms with Gasteiger partial charge >= 0.3 is 0 Å². The molecule has 104 valence electrons. The fraction of sp³-hybridized carbons (Fsp3) is 0.200. The Kier molecular flexibility index (Phi) is 4.42. The molecule has 5 heteroatoms. The van der Waals surface area contributed by atoms with Gasteiger partial charge in [0, 0.05) is 12.7 Å². The van der Waals surface area contributed by atoms with Crippen LogP contribution in [0.3, 0.4) is 0 Å². The van der Waals surface area contributed by atoms with Gasteiger partial charge in [0.2, 0.25) is 5.91 Å². The molecule has 0 spiro atoms. The van der Waals surface area contributed by atoms with Gasteiger partial charge < -0.3 is 11.1 Å². The normalized spacial score (nSPS) is 12.2. The molecule has 0 heterocycles. The first kappa shape index (κ1) is 14.6. The highest BCUT2D eigenvalue weighted by Gasteiger charge is 2.21. The number of carbonyl (C=O) groups is 2. The highest BCUT2D eigenvalue weighted by atomic mass is 32.1. The maximum Gasteiger partial charge on any atom is 0.221 e. The van der Waals surface area contributed by atoms with E-state index in [9.17, 15) is 9.59 Å². The van der Waals surface area contributed by atoms with Crippen LogP contribution in [0.2, 0.25) is 0 Å². The van der Waals surface area contributed by atoms with Gasteiger partial charge in [0.15, 0.2) is 5.78 Å². The van der Waals surface area contributed by atoms with Crippen molar-refractivity contribution in [2.45, 2.75) is 13.0 Å². The van der Waals surface area contributed by atoms with E-state index in [1.54, 1.807) is 6.07 Å². The molecular formula is C15H16N2O2S. The van der Waals surface area contributed by atoms with E-state index in [-0.39, 0.29) is 17.4 Å². The topological polar surface area (TPSA) is 72.2 Å². The van der Waals surface area contributed by atoms with Gasteiger partial charge in [0.05, 0.1) is 17.3 Å². The first-order valence-corrected chi connectivity index (χ1v) is 6.88. The number of Topliss-reactive ketones (excluding diaryl/α,β-unsaturated/α-hetero) is 1. The van der Waals surface area contributed by atoms with Crippen LogP contribution in [0, 0.1) is 0 Å². The number of amides is 1. The number of benzene rings is 2. The minimum Gasteiger partial charge on any atom is -0.326 e. The molecule has 1 unspecified atom stereocenters. The molecule has 2 rings (SSSR count). The lowest BCUT2D eigenvalue weighted by Crippen LogP contribution is -2.33. The first-order chi connectivity index (χ1) is 9.54. The fourth-order valence-corrected chi connectivity index (χ4v) is 2.26. The molecule has 0 radical (unpaired) electrons. The Morgan fingerprint density at radius 1 is 1.25 bits per heavy atom. The van der Waals surface area contributed by atoms with E-state index in [4.69, 9.17) is 5.73 Å². The Labute approximate surface area is 122 Å². The largest absolute Gasteiger partial charge is 0.326 e. The number of nitrogens with two attached hydrogens (primary N) is 1. The Hall–Kier alpha value is -1.85. The van der Waals surface area contributed by atoms with E-state index >= 15 is 0 Å². The molecule has 20 heavy (non-hydrogen) atoms. The van der Waals surface area contributed by atoms with E-state index in [0.29, 0.717) is 11.3 Å². The third-order valence-corrected chi connectivity index (χ3v) is 3.41. The van der Waals surface area contributed by atoms with Gasteiger partial charge in [-0.2, -0.15) is 12.6 Å². The highest BCUT2D eigenvalue weighted by molar-refractivity contribution is 7.80. The monoisotopic (exact) mass is 288 g/mol. The quantitative estimate of drug-likeness (QED) is 0.597. The van der Waals surface area contributed by atoms with Gasteiger partial charge in [0.1, 0.15) is 0 Å². The Balaban J connectivity index is 2.67. The van der Waals surface area contributed by atoms with Crippen molar-refractivity contribution in [2.75, 3.05) is 11.1 Å². The average molecular weight is 288 g/mol. The summed E-state index contributed by atoms with van der Waals surface area (Å²) in [6.45, 7) is 1.40. The van der Waals surface area contributed by atoms with Crippen LogP contribution in [0.4, 0.5) is 5.69 Å². The van der Waals surface area contributed by atoms with E-state index in [1.807, 2.05) is 30.3 Å². The molecule has 0 aromatic heterocycles. The molecule has 0 aliphatic heterocycles. The highest BCUT2D eigenvalue weighted by Crippen LogP contribution is 2.27. The van der Waals surface area contributed by atoms with Crippen LogP contribution in [0.15, 0.2) is 36.4 Å². The van der Waals surface area contributed by atoms with E-state index < -0.39 is 6.04 Å². The average Bonchev–Trinajstić information content (AvgIpc) is 2.45. The van der Waals surface area contributed by atoms with Crippen LogP contribution < -0.4 is 11.1 Å². The van der Waals surface area contributed by atoms with Crippen molar-refractivity contribution in [3.05, 3.63) is 42.0 Å². The van der Waals surface area contributed by atoms with Crippen LogP contribution in [0.25, 0.3) is 10.8 Å². The molecule has 3 N–H and O–H groups in total. The summed E-state index contributed by atoms with van der Waals surface area (Å²) in [5.41, 5.74) is 6.73. The molecule has 0 aliphatic rings. The molecule has 4 nitrogen and oxygen atoms in total. The molecule has 0 aliphatic carbocycles. The van der Waals surface area contributed by atoms with Crippen LogP contribution in [-0.2, 0) is 4.79 Å². The van der Waals surface area contributed by atoms with Crippen molar-refractivity contribution in [1.82, 2.24) is 0 Å². The summed E-state index contributed by atoms with van der Waals surface area (Å²) in [6.07, 6.45) is 0. The van der Waals surface area contributed by atoms with Gasteiger partial charge in [-0.05, 0) is 16.8 Å². The summed E-state index contributed by atoms with van der Waals surface area (Å²) < 4.78 is 0. The van der Waals surface area contributed by atoms with Gasteiger partial charge in [0.25, 0.3) is 0 Å². The Morgan fingerprint density at radius 2 is 1.95 bits per heavy atom. The summed E-state index contributed by atoms with van der Waals surface area (Å²) >= 11 is 4.07. The van der Waals surface area contributed by atoms with Crippen LogP contribution in [-0.4, -0.2) is 23.5 Å². The van der Waals surface area contributed by atoms with Gasteiger partial charge in [-0.3, -0.25) is 9.59 Å². The number of nitrogens with one attached hydrogen (secondary N) is 1. The molecule has 0 saturated carbocycles. The SMILES string of the molecule is CC(=O)Nc1ccc2ccccc2c1C(=O)C(N)CS. The second-order valence-corrected chi connectivity index (χ2v) is 4.91. The number of hydrogen-bond donors (Lipinski definition) is 3. The number of anilines is 1. The molecule has 0 bridgehead atoms. The zero-order chi connectivity index (χ0) is 14.7.